The molecule has 1 aromatic rings. The predicted octanol–water partition coefficient (Wildman–Crippen LogP) is 3.70. The van der Waals surface area contributed by atoms with Crippen molar-refractivity contribution in [3.63, 3.8) is 0 Å². The average molecular weight is 347 g/mol. The van der Waals surface area contributed by atoms with Gasteiger partial charge in [-0.3, -0.25) is 0 Å². The molecular formula is C14H22INO. The number of hydrogen-bond donors (Lipinski definition) is 1. The van der Waals surface area contributed by atoms with Gasteiger partial charge < -0.3 is 10.1 Å². The van der Waals surface area contributed by atoms with Crippen molar-refractivity contribution in [3.05, 3.63) is 27.8 Å². The van der Waals surface area contributed by atoms with Gasteiger partial charge >= 0.3 is 0 Å². The van der Waals surface area contributed by atoms with Crippen molar-refractivity contribution in [2.24, 2.45) is 5.41 Å². The Morgan fingerprint density at radius 1 is 1.35 bits per heavy atom. The Kier molecular flexibility index (Phi) is 6.27. The first kappa shape index (κ1) is 14.8. The fourth-order valence-corrected chi connectivity index (χ4v) is 2.00. The van der Waals surface area contributed by atoms with Crippen LogP contribution in [0.5, 0.6) is 5.75 Å². The number of ether oxygens (including phenoxy) is 1. The first-order valence-corrected chi connectivity index (χ1v) is 7.20. The van der Waals surface area contributed by atoms with Crippen LogP contribution >= 0.6 is 22.6 Å². The zero-order chi connectivity index (χ0) is 12.7. The molecule has 0 saturated carbocycles. The Morgan fingerprint density at radius 2 is 2.12 bits per heavy atom. The zero-order valence-corrected chi connectivity index (χ0v) is 13.1. The third-order valence-electron chi connectivity index (χ3n) is 2.46. The van der Waals surface area contributed by atoms with E-state index in [0.717, 1.165) is 25.4 Å². The van der Waals surface area contributed by atoms with Gasteiger partial charge in [-0.25, -0.2) is 0 Å². The van der Waals surface area contributed by atoms with E-state index in [0.29, 0.717) is 0 Å². The molecule has 0 radical (unpaired) electrons. The van der Waals surface area contributed by atoms with Crippen LogP contribution in [0.25, 0.3) is 0 Å². The quantitative estimate of drug-likeness (QED) is 0.600. The lowest BCUT2D eigenvalue weighted by atomic mass is 9.95. The molecule has 0 aromatic heterocycles. The van der Waals surface area contributed by atoms with Crippen molar-refractivity contribution < 1.29 is 4.74 Å². The van der Waals surface area contributed by atoms with Gasteiger partial charge in [0.25, 0.3) is 0 Å². The van der Waals surface area contributed by atoms with Crippen LogP contribution in [0.4, 0.5) is 0 Å². The molecule has 0 aliphatic rings. The molecule has 3 heteroatoms. The van der Waals surface area contributed by atoms with Gasteiger partial charge in [0.15, 0.2) is 0 Å². The Balaban J connectivity index is 2.38. The summed E-state index contributed by atoms with van der Waals surface area (Å²) in [6.45, 7) is 9.44. The van der Waals surface area contributed by atoms with Gasteiger partial charge in [-0.2, -0.15) is 0 Å². The van der Waals surface area contributed by atoms with E-state index in [1.807, 2.05) is 12.1 Å². The first-order chi connectivity index (χ1) is 8.03. The summed E-state index contributed by atoms with van der Waals surface area (Å²) in [4.78, 5) is 0. The summed E-state index contributed by atoms with van der Waals surface area (Å²) in [6.07, 6.45) is 1.17. The lowest BCUT2D eigenvalue weighted by Crippen LogP contribution is -2.34. The highest BCUT2D eigenvalue weighted by Gasteiger charge is 2.18. The monoisotopic (exact) mass is 347 g/mol. The van der Waals surface area contributed by atoms with Crippen LogP contribution in [0.2, 0.25) is 0 Å². The van der Waals surface area contributed by atoms with Crippen molar-refractivity contribution in [1.29, 1.82) is 0 Å². The molecule has 0 aliphatic carbocycles. The van der Waals surface area contributed by atoms with Crippen LogP contribution in [0.3, 0.4) is 0 Å². The molecular weight excluding hydrogens is 325 g/mol. The summed E-state index contributed by atoms with van der Waals surface area (Å²) in [5, 5.41) is 3.44. The maximum absolute atomic E-state index is 5.84. The van der Waals surface area contributed by atoms with Gasteiger partial charge in [0.05, 0.1) is 6.61 Å². The van der Waals surface area contributed by atoms with E-state index >= 15 is 0 Å². The lowest BCUT2D eigenvalue weighted by molar-refractivity contribution is 0.176. The standard InChI is InChI=1S/C14H22INO/c1-4-8-16-10-14(2,3)11-17-13-7-5-6-12(15)9-13/h5-7,9,16H,4,8,10-11H2,1-3H3. The van der Waals surface area contributed by atoms with Crippen LogP contribution in [-0.4, -0.2) is 19.7 Å². The SMILES string of the molecule is CCCNCC(C)(C)COc1cccc(I)c1. The third-order valence-corrected chi connectivity index (χ3v) is 3.13. The van der Waals surface area contributed by atoms with E-state index in [2.05, 4.69) is 60.8 Å². The van der Waals surface area contributed by atoms with Crippen molar-refractivity contribution in [3.8, 4) is 5.75 Å². The number of halogens is 1. The number of benzene rings is 1. The molecule has 0 bridgehead atoms. The molecule has 0 saturated heterocycles. The summed E-state index contributed by atoms with van der Waals surface area (Å²) in [5.41, 5.74) is 0.163. The maximum Gasteiger partial charge on any atom is 0.120 e. The van der Waals surface area contributed by atoms with Crippen molar-refractivity contribution in [2.45, 2.75) is 27.2 Å². The van der Waals surface area contributed by atoms with E-state index in [1.165, 1.54) is 9.99 Å². The van der Waals surface area contributed by atoms with Crippen molar-refractivity contribution >= 4 is 22.6 Å². The van der Waals surface area contributed by atoms with E-state index in [1.54, 1.807) is 0 Å². The Hall–Kier alpha value is -0.290. The maximum atomic E-state index is 5.84. The van der Waals surface area contributed by atoms with Crippen LogP contribution in [0, 0.1) is 8.99 Å². The second kappa shape index (κ2) is 7.21. The lowest BCUT2D eigenvalue weighted by Gasteiger charge is -2.25. The van der Waals surface area contributed by atoms with Gasteiger partial charge in [0.1, 0.15) is 5.75 Å². The number of rotatable bonds is 7. The molecule has 0 atom stereocenters. The zero-order valence-electron chi connectivity index (χ0n) is 10.9. The Labute approximate surface area is 118 Å². The van der Waals surface area contributed by atoms with E-state index in [4.69, 9.17) is 4.74 Å². The first-order valence-electron chi connectivity index (χ1n) is 6.12. The van der Waals surface area contributed by atoms with Gasteiger partial charge in [-0.1, -0.05) is 26.8 Å². The summed E-state index contributed by atoms with van der Waals surface area (Å²) in [7, 11) is 0. The molecule has 1 aromatic carbocycles. The summed E-state index contributed by atoms with van der Waals surface area (Å²) < 4.78 is 7.05. The molecule has 1 rings (SSSR count). The Morgan fingerprint density at radius 3 is 2.76 bits per heavy atom. The average Bonchev–Trinajstić information content (AvgIpc) is 2.27. The molecule has 96 valence electrons. The topological polar surface area (TPSA) is 21.3 Å². The van der Waals surface area contributed by atoms with E-state index < -0.39 is 0 Å². The largest absolute Gasteiger partial charge is 0.493 e. The summed E-state index contributed by atoms with van der Waals surface area (Å²) in [5.74, 6) is 0.959. The second-order valence-corrected chi connectivity index (χ2v) is 6.33. The Bertz CT molecular complexity index is 339. The van der Waals surface area contributed by atoms with Crippen LogP contribution < -0.4 is 10.1 Å². The van der Waals surface area contributed by atoms with Crippen molar-refractivity contribution in [1.82, 2.24) is 5.32 Å². The van der Waals surface area contributed by atoms with Crippen LogP contribution in [0.1, 0.15) is 27.2 Å². The molecule has 0 amide bonds. The minimum atomic E-state index is 0.163. The minimum absolute atomic E-state index is 0.163. The molecule has 0 spiro atoms. The third kappa shape index (κ3) is 6.27. The highest BCUT2D eigenvalue weighted by Crippen LogP contribution is 2.19. The van der Waals surface area contributed by atoms with Gasteiger partial charge in [-0.15, -0.1) is 0 Å². The highest BCUT2D eigenvalue weighted by atomic mass is 127. The fraction of sp³-hybridized carbons (Fsp3) is 0.571. The smallest absolute Gasteiger partial charge is 0.120 e. The summed E-state index contributed by atoms with van der Waals surface area (Å²) in [6, 6.07) is 8.18. The van der Waals surface area contributed by atoms with Crippen LogP contribution in [-0.2, 0) is 0 Å². The second-order valence-electron chi connectivity index (χ2n) is 5.09. The molecule has 0 fully saturated rings. The van der Waals surface area contributed by atoms with Gasteiger partial charge in [0.2, 0.25) is 0 Å². The van der Waals surface area contributed by atoms with Gasteiger partial charge in [0, 0.05) is 15.5 Å². The van der Waals surface area contributed by atoms with E-state index in [9.17, 15) is 0 Å². The molecule has 0 aliphatic heterocycles. The normalized spacial score (nSPS) is 11.5. The highest BCUT2D eigenvalue weighted by molar-refractivity contribution is 14.1. The number of nitrogens with one attached hydrogen (secondary N) is 1. The van der Waals surface area contributed by atoms with E-state index in [-0.39, 0.29) is 5.41 Å². The summed E-state index contributed by atoms with van der Waals surface area (Å²) >= 11 is 2.30. The number of hydrogen-bond acceptors (Lipinski definition) is 2. The molecule has 17 heavy (non-hydrogen) atoms. The minimum Gasteiger partial charge on any atom is -0.493 e. The molecule has 0 heterocycles. The predicted molar refractivity (Wildman–Crippen MR) is 81.6 cm³/mol. The van der Waals surface area contributed by atoms with Crippen molar-refractivity contribution in [2.75, 3.05) is 19.7 Å². The van der Waals surface area contributed by atoms with Crippen LogP contribution in [0.15, 0.2) is 24.3 Å². The van der Waals surface area contributed by atoms with Gasteiger partial charge in [-0.05, 0) is 53.8 Å². The molecule has 0 unspecified atom stereocenters. The molecule has 1 N–H and O–H groups in total. The fourth-order valence-electron chi connectivity index (χ4n) is 1.49. The molecule has 2 nitrogen and oxygen atoms in total.